The predicted octanol–water partition coefficient (Wildman–Crippen LogP) is 0.00490. The fourth-order valence-electron chi connectivity index (χ4n) is 5.04. The Labute approximate surface area is 351 Å². The molecule has 0 atom stereocenters. The molecule has 2 aromatic carbocycles. The molecule has 1 aromatic heterocycles. The van der Waals surface area contributed by atoms with Crippen molar-refractivity contribution in [3.8, 4) is 0 Å². The maximum absolute atomic E-state index is 14.1. The maximum atomic E-state index is 14.1. The van der Waals surface area contributed by atoms with Crippen LogP contribution in [-0.4, -0.2) is 89.4 Å². The third-order valence-electron chi connectivity index (χ3n) is 7.97. The Balaban J connectivity index is 1.97. The Bertz CT molecular complexity index is 2190. The smallest absolute Gasteiger partial charge is 0.417 e. The van der Waals surface area contributed by atoms with Crippen molar-refractivity contribution in [1.29, 1.82) is 0 Å². The van der Waals surface area contributed by atoms with E-state index < -0.39 is 102 Å². The molecule has 3 aromatic rings. The van der Waals surface area contributed by atoms with Crippen molar-refractivity contribution in [2.45, 2.75) is 19.3 Å². The number of carbonyl (C=O) groups excluding carboxylic acids is 5. The van der Waals surface area contributed by atoms with E-state index in [9.17, 15) is 59.9 Å². The van der Waals surface area contributed by atoms with Crippen LogP contribution in [0.2, 0.25) is 0 Å². The maximum Gasteiger partial charge on any atom is 0.417 e. The van der Waals surface area contributed by atoms with Crippen LogP contribution in [0, 0.1) is 0 Å². The second kappa shape index (κ2) is 21.0. The number of carboxylic acids is 2. The summed E-state index contributed by atoms with van der Waals surface area (Å²) in [6, 6.07) is 6.74. The van der Waals surface area contributed by atoms with Gasteiger partial charge in [-0.15, -0.1) is 0 Å². The van der Waals surface area contributed by atoms with Gasteiger partial charge in [-0.25, -0.2) is 16.7 Å². The Hall–Kier alpha value is -7.94. The lowest BCUT2D eigenvalue weighted by molar-refractivity contribution is -0.138. The standard InChI is InChI=1S/C36H38F6N12O9/c1-2-47-32(61)17-7-26(24(43)15-53(45)18-3-5-20(22(9-18)35(37,38)39)33(62)50-11-28(55)48-13-30(57)58)52-27(8-17)25(44)16-54(46)19-4-6-21(23(10-19)36(40,41)42)34(63)51-12-29(56)49-14-31(59)60/h3-10,15-16H,2,11-14,43-46H2,1H3,(H,47,61)(H,48,55)(H,49,56)(H,50,62)(H,51,63)(H,57,58)(H,59,60)/b24-15-,25-16-. The lowest BCUT2D eigenvalue weighted by Gasteiger charge is -2.20. The summed E-state index contributed by atoms with van der Waals surface area (Å²) in [6.07, 6.45) is -8.50. The highest BCUT2D eigenvalue weighted by Crippen LogP contribution is 2.36. The highest BCUT2D eigenvalue weighted by atomic mass is 19.4. The van der Waals surface area contributed by atoms with E-state index in [-0.39, 0.29) is 46.3 Å². The number of anilines is 2. The zero-order valence-corrected chi connectivity index (χ0v) is 32.5. The monoisotopic (exact) mass is 896 g/mol. The summed E-state index contributed by atoms with van der Waals surface area (Å²) in [5.74, 6) is 3.90. The Kier molecular flexibility index (Phi) is 16.5. The van der Waals surface area contributed by atoms with E-state index in [1.807, 2.05) is 21.3 Å². The molecule has 0 aliphatic carbocycles. The zero-order valence-electron chi connectivity index (χ0n) is 32.5. The fraction of sp³-hybridized carbons (Fsp3) is 0.222. The molecule has 338 valence electrons. The molecule has 27 heteroatoms. The van der Waals surface area contributed by atoms with Crippen molar-refractivity contribution >= 4 is 64.2 Å². The van der Waals surface area contributed by atoms with Gasteiger partial charge in [-0.1, -0.05) is 0 Å². The topological polar surface area (TPSA) is 344 Å². The van der Waals surface area contributed by atoms with Crippen LogP contribution in [0.15, 0.2) is 60.9 Å². The third-order valence-corrected chi connectivity index (χ3v) is 7.97. The van der Waals surface area contributed by atoms with Gasteiger partial charge in [0, 0.05) is 24.5 Å². The number of halogens is 6. The number of nitrogens with one attached hydrogen (secondary N) is 5. The van der Waals surface area contributed by atoms with Gasteiger partial charge in [0.25, 0.3) is 17.7 Å². The van der Waals surface area contributed by atoms with E-state index in [0.29, 0.717) is 22.2 Å². The van der Waals surface area contributed by atoms with Crippen molar-refractivity contribution in [2.24, 2.45) is 23.2 Å². The van der Waals surface area contributed by atoms with Gasteiger partial charge in [0.05, 0.1) is 69.5 Å². The number of aromatic nitrogens is 1. The third kappa shape index (κ3) is 14.3. The number of nitrogens with two attached hydrogens (primary N) is 4. The molecule has 0 unspecified atom stereocenters. The van der Waals surface area contributed by atoms with E-state index in [0.717, 1.165) is 48.8 Å². The molecule has 3 rings (SSSR count). The highest BCUT2D eigenvalue weighted by molar-refractivity contribution is 6.00. The SMILES string of the molecule is CCNC(=O)c1cc(/C(N)=C/N(N)c2ccc(C(=O)NCC(=O)NCC(=O)O)c(C(F)(F)F)c2)nc(/C(N)=C/N(N)c2ccc(C(=O)NCC(=O)NCC(=O)O)c(C(F)(F)F)c2)c1. The number of aliphatic carboxylic acids is 2. The Morgan fingerprint density at radius 2 is 0.984 bits per heavy atom. The number of nitrogens with zero attached hydrogens (tertiary/aromatic N) is 3. The van der Waals surface area contributed by atoms with Gasteiger partial charge in [0.15, 0.2) is 0 Å². The second-order valence-electron chi connectivity index (χ2n) is 12.6. The summed E-state index contributed by atoms with van der Waals surface area (Å²) in [6.45, 7) is -1.57. The number of hydrazine groups is 2. The number of pyridine rings is 1. The number of hydrogen-bond acceptors (Lipinski definition) is 14. The first-order valence-electron chi connectivity index (χ1n) is 17.6. The molecule has 63 heavy (non-hydrogen) atoms. The van der Waals surface area contributed by atoms with Gasteiger partial charge in [0.2, 0.25) is 11.8 Å². The number of alkyl halides is 6. The van der Waals surface area contributed by atoms with E-state index in [4.69, 9.17) is 33.4 Å². The van der Waals surface area contributed by atoms with E-state index >= 15 is 0 Å². The van der Waals surface area contributed by atoms with Crippen molar-refractivity contribution in [3.63, 3.8) is 0 Å². The number of benzene rings is 2. The van der Waals surface area contributed by atoms with Crippen LogP contribution in [0.3, 0.4) is 0 Å². The van der Waals surface area contributed by atoms with Gasteiger partial charge in [-0.2, -0.15) is 26.3 Å². The van der Waals surface area contributed by atoms with Gasteiger partial charge in [-0.05, 0) is 55.5 Å². The molecule has 21 nitrogen and oxygen atoms in total. The summed E-state index contributed by atoms with van der Waals surface area (Å²) in [7, 11) is 0. The van der Waals surface area contributed by atoms with Gasteiger partial charge in [-0.3, -0.25) is 43.6 Å². The van der Waals surface area contributed by atoms with Crippen molar-refractivity contribution in [2.75, 3.05) is 42.7 Å². The zero-order chi connectivity index (χ0) is 47.4. The van der Waals surface area contributed by atoms with Crippen LogP contribution >= 0.6 is 0 Å². The highest BCUT2D eigenvalue weighted by Gasteiger charge is 2.37. The molecule has 0 saturated carbocycles. The first-order chi connectivity index (χ1) is 29.3. The van der Waals surface area contributed by atoms with Crippen LogP contribution in [0.25, 0.3) is 11.4 Å². The van der Waals surface area contributed by atoms with E-state index in [1.165, 1.54) is 0 Å². The molecule has 0 radical (unpaired) electrons. The lowest BCUT2D eigenvalue weighted by atomic mass is 10.0. The molecule has 0 aliphatic heterocycles. The van der Waals surface area contributed by atoms with Gasteiger partial charge in [0.1, 0.15) is 13.1 Å². The molecule has 15 N–H and O–H groups in total. The summed E-state index contributed by atoms with van der Waals surface area (Å²) < 4.78 is 84.7. The molecule has 0 fully saturated rings. The minimum Gasteiger partial charge on any atom is -0.480 e. The molecule has 0 aliphatic rings. The average Bonchev–Trinajstić information content (AvgIpc) is 3.21. The first-order valence-corrected chi connectivity index (χ1v) is 17.6. The molecular formula is C36H38F6N12O9. The first kappa shape index (κ1) is 49.4. The Morgan fingerprint density at radius 3 is 1.32 bits per heavy atom. The van der Waals surface area contributed by atoms with Crippen LogP contribution in [0.4, 0.5) is 37.7 Å². The van der Waals surface area contributed by atoms with Crippen LogP contribution in [0.1, 0.15) is 60.5 Å². The molecular weight excluding hydrogens is 858 g/mol. The lowest BCUT2D eigenvalue weighted by Crippen LogP contribution is -2.39. The van der Waals surface area contributed by atoms with Crippen LogP contribution < -0.4 is 59.8 Å². The quantitative estimate of drug-likeness (QED) is 0.0455. The van der Waals surface area contributed by atoms with Gasteiger partial charge < -0.3 is 48.3 Å². The number of amides is 5. The number of hydrogen-bond donors (Lipinski definition) is 11. The van der Waals surface area contributed by atoms with Crippen molar-refractivity contribution < 1.29 is 70.1 Å². The van der Waals surface area contributed by atoms with Gasteiger partial charge >= 0.3 is 24.3 Å². The Morgan fingerprint density at radius 1 is 0.603 bits per heavy atom. The average molecular weight is 897 g/mol. The molecule has 0 saturated heterocycles. The van der Waals surface area contributed by atoms with Crippen LogP contribution in [-0.2, 0) is 31.5 Å². The van der Waals surface area contributed by atoms with Crippen molar-refractivity contribution in [3.05, 3.63) is 100 Å². The number of carbonyl (C=O) groups is 7. The molecule has 0 bridgehead atoms. The molecule has 0 spiro atoms. The summed E-state index contributed by atoms with van der Waals surface area (Å²) in [5, 5.41) is 28.8. The van der Waals surface area contributed by atoms with E-state index in [2.05, 4.69) is 10.3 Å². The summed E-state index contributed by atoms with van der Waals surface area (Å²) >= 11 is 0. The summed E-state index contributed by atoms with van der Waals surface area (Å²) in [4.78, 5) is 87.1. The number of carboxylic acid groups (broad SMARTS) is 2. The predicted molar refractivity (Wildman–Crippen MR) is 209 cm³/mol. The molecule has 5 amide bonds. The minimum atomic E-state index is -5.14. The minimum absolute atomic E-state index is 0.130. The second-order valence-corrected chi connectivity index (χ2v) is 12.6. The largest absolute Gasteiger partial charge is 0.480 e. The normalized spacial score (nSPS) is 11.8. The molecule has 1 heterocycles. The van der Waals surface area contributed by atoms with Crippen molar-refractivity contribution in [1.82, 2.24) is 31.6 Å². The number of rotatable bonds is 18. The van der Waals surface area contributed by atoms with Crippen LogP contribution in [0.5, 0.6) is 0 Å². The van der Waals surface area contributed by atoms with E-state index in [1.54, 1.807) is 6.92 Å². The fourth-order valence-corrected chi connectivity index (χ4v) is 5.04. The summed E-state index contributed by atoms with van der Waals surface area (Å²) in [5.41, 5.74) is 5.44.